The van der Waals surface area contributed by atoms with E-state index in [-0.39, 0.29) is 18.8 Å². The van der Waals surface area contributed by atoms with Crippen LogP contribution < -0.4 is 5.73 Å². The number of rotatable bonds is 2. The molecule has 102 valence electrons. The van der Waals surface area contributed by atoms with Crippen molar-refractivity contribution in [1.29, 1.82) is 0 Å². The highest BCUT2D eigenvalue weighted by molar-refractivity contribution is 5.79. The molecular weight excluding hydrogens is 242 g/mol. The standard InChI is InChI=1S/C14H19N3O2/c15-14-16-12-6-9(8-18)4-5-13(12)17(14)10-2-1-3-11(19)7-10/h4-6,10-11,18-19H,1-3,7-8H2,(H2,15,16). The quantitative estimate of drug-likeness (QED) is 0.766. The predicted octanol–water partition coefficient (Wildman–Crippen LogP) is 1.59. The number of nitrogens with two attached hydrogens (primary N) is 1. The third-order valence-electron chi connectivity index (χ3n) is 3.95. The van der Waals surface area contributed by atoms with E-state index in [9.17, 15) is 5.11 Å². The van der Waals surface area contributed by atoms with E-state index in [1.54, 1.807) is 0 Å². The number of aliphatic hydroxyl groups excluding tert-OH is 2. The molecule has 19 heavy (non-hydrogen) atoms. The van der Waals surface area contributed by atoms with Crippen molar-refractivity contribution in [2.24, 2.45) is 0 Å². The average Bonchev–Trinajstić information content (AvgIpc) is 2.73. The summed E-state index contributed by atoms with van der Waals surface area (Å²) in [5.41, 5.74) is 8.65. The van der Waals surface area contributed by atoms with E-state index >= 15 is 0 Å². The zero-order valence-electron chi connectivity index (χ0n) is 10.8. The Morgan fingerprint density at radius 1 is 1.37 bits per heavy atom. The first-order chi connectivity index (χ1) is 9.19. The number of benzene rings is 1. The highest BCUT2D eigenvalue weighted by Crippen LogP contribution is 2.33. The smallest absolute Gasteiger partial charge is 0.201 e. The summed E-state index contributed by atoms with van der Waals surface area (Å²) >= 11 is 0. The van der Waals surface area contributed by atoms with Crippen LogP contribution in [0.2, 0.25) is 0 Å². The van der Waals surface area contributed by atoms with Crippen molar-refractivity contribution in [3.8, 4) is 0 Å². The van der Waals surface area contributed by atoms with Gasteiger partial charge in [-0.3, -0.25) is 0 Å². The topological polar surface area (TPSA) is 84.3 Å². The summed E-state index contributed by atoms with van der Waals surface area (Å²) in [5.74, 6) is 0.490. The Morgan fingerprint density at radius 2 is 2.21 bits per heavy atom. The fourth-order valence-corrected chi connectivity index (χ4v) is 3.02. The normalized spacial score (nSPS) is 23.9. The van der Waals surface area contributed by atoms with Gasteiger partial charge in [0.15, 0.2) is 0 Å². The minimum atomic E-state index is -0.243. The molecule has 2 aromatic rings. The minimum Gasteiger partial charge on any atom is -0.393 e. The summed E-state index contributed by atoms with van der Waals surface area (Å²) in [7, 11) is 0. The third kappa shape index (κ3) is 2.19. The van der Waals surface area contributed by atoms with Crippen LogP contribution in [0.4, 0.5) is 5.95 Å². The van der Waals surface area contributed by atoms with Gasteiger partial charge in [0, 0.05) is 6.04 Å². The number of fused-ring (bicyclic) bond motifs is 1. The van der Waals surface area contributed by atoms with Gasteiger partial charge in [0.05, 0.1) is 23.7 Å². The monoisotopic (exact) mass is 261 g/mol. The molecule has 0 radical (unpaired) electrons. The van der Waals surface area contributed by atoms with Gasteiger partial charge < -0.3 is 20.5 Å². The summed E-state index contributed by atoms with van der Waals surface area (Å²) in [5, 5.41) is 19.0. The van der Waals surface area contributed by atoms with Crippen molar-refractivity contribution >= 4 is 17.0 Å². The molecule has 0 aliphatic heterocycles. The van der Waals surface area contributed by atoms with E-state index in [0.29, 0.717) is 5.95 Å². The van der Waals surface area contributed by atoms with Gasteiger partial charge in [-0.05, 0) is 43.4 Å². The Hall–Kier alpha value is -1.59. The first-order valence-corrected chi connectivity index (χ1v) is 6.74. The molecule has 0 bridgehead atoms. The van der Waals surface area contributed by atoms with Crippen molar-refractivity contribution in [2.75, 3.05) is 5.73 Å². The molecular formula is C14H19N3O2. The van der Waals surface area contributed by atoms with Crippen molar-refractivity contribution in [1.82, 2.24) is 9.55 Å². The molecule has 1 aromatic carbocycles. The number of anilines is 1. The number of aromatic nitrogens is 2. The first kappa shape index (κ1) is 12.4. The molecule has 0 amide bonds. The molecule has 1 saturated carbocycles. The zero-order valence-corrected chi connectivity index (χ0v) is 10.8. The molecule has 2 unspecified atom stereocenters. The average molecular weight is 261 g/mol. The second kappa shape index (κ2) is 4.83. The maximum absolute atomic E-state index is 9.82. The van der Waals surface area contributed by atoms with Crippen molar-refractivity contribution in [2.45, 2.75) is 44.4 Å². The molecule has 5 heteroatoms. The van der Waals surface area contributed by atoms with Crippen LogP contribution in [-0.2, 0) is 6.61 Å². The van der Waals surface area contributed by atoms with Crippen LogP contribution in [-0.4, -0.2) is 25.9 Å². The summed E-state index contributed by atoms with van der Waals surface area (Å²) in [4.78, 5) is 4.37. The zero-order chi connectivity index (χ0) is 13.4. The Kier molecular flexibility index (Phi) is 3.16. The number of aliphatic hydroxyl groups is 2. The van der Waals surface area contributed by atoms with E-state index in [0.717, 1.165) is 42.3 Å². The van der Waals surface area contributed by atoms with Gasteiger partial charge in [0.1, 0.15) is 0 Å². The lowest BCUT2D eigenvalue weighted by atomic mass is 9.92. The Labute approximate surface area is 111 Å². The molecule has 5 nitrogen and oxygen atoms in total. The highest BCUT2D eigenvalue weighted by Gasteiger charge is 2.24. The predicted molar refractivity (Wildman–Crippen MR) is 73.6 cm³/mol. The van der Waals surface area contributed by atoms with Crippen LogP contribution in [0, 0.1) is 0 Å². The van der Waals surface area contributed by atoms with Crippen LogP contribution in [0.15, 0.2) is 18.2 Å². The summed E-state index contributed by atoms with van der Waals surface area (Å²) in [6.45, 7) is 0.00481. The van der Waals surface area contributed by atoms with E-state index in [2.05, 4.69) is 4.98 Å². The van der Waals surface area contributed by atoms with E-state index in [1.807, 2.05) is 22.8 Å². The first-order valence-electron chi connectivity index (χ1n) is 6.74. The second-order valence-electron chi connectivity index (χ2n) is 5.30. The summed E-state index contributed by atoms with van der Waals surface area (Å²) < 4.78 is 2.03. The SMILES string of the molecule is Nc1nc2cc(CO)ccc2n1C1CCCC(O)C1. The van der Waals surface area contributed by atoms with Crippen LogP contribution in [0.1, 0.15) is 37.3 Å². The summed E-state index contributed by atoms with van der Waals surface area (Å²) in [6.07, 6.45) is 3.40. The van der Waals surface area contributed by atoms with E-state index in [4.69, 9.17) is 10.8 Å². The Balaban J connectivity index is 2.05. The highest BCUT2D eigenvalue weighted by atomic mass is 16.3. The van der Waals surface area contributed by atoms with Crippen molar-refractivity contribution < 1.29 is 10.2 Å². The molecule has 0 spiro atoms. The lowest BCUT2D eigenvalue weighted by Crippen LogP contribution is -2.23. The fraction of sp³-hybridized carbons (Fsp3) is 0.500. The molecule has 0 saturated heterocycles. The number of nitrogen functional groups attached to an aromatic ring is 1. The van der Waals surface area contributed by atoms with Crippen molar-refractivity contribution in [3.05, 3.63) is 23.8 Å². The lowest BCUT2D eigenvalue weighted by Gasteiger charge is -2.28. The molecule has 1 fully saturated rings. The fourth-order valence-electron chi connectivity index (χ4n) is 3.02. The van der Waals surface area contributed by atoms with Crippen LogP contribution in [0.3, 0.4) is 0 Å². The summed E-state index contributed by atoms with van der Waals surface area (Å²) in [6, 6.07) is 5.92. The number of imidazole rings is 1. The van der Waals surface area contributed by atoms with Gasteiger partial charge in [0.25, 0.3) is 0 Å². The Morgan fingerprint density at radius 3 is 2.95 bits per heavy atom. The maximum Gasteiger partial charge on any atom is 0.201 e. The van der Waals surface area contributed by atoms with Gasteiger partial charge in [-0.25, -0.2) is 4.98 Å². The molecule has 1 aliphatic rings. The third-order valence-corrected chi connectivity index (χ3v) is 3.95. The molecule has 3 rings (SSSR count). The molecule has 2 atom stereocenters. The molecule has 1 heterocycles. The van der Waals surface area contributed by atoms with Gasteiger partial charge in [0.2, 0.25) is 5.95 Å². The lowest BCUT2D eigenvalue weighted by molar-refractivity contribution is 0.105. The second-order valence-corrected chi connectivity index (χ2v) is 5.30. The van der Waals surface area contributed by atoms with Gasteiger partial charge in [-0.1, -0.05) is 6.07 Å². The molecule has 1 aliphatic carbocycles. The number of hydrogen-bond donors (Lipinski definition) is 3. The molecule has 4 N–H and O–H groups in total. The van der Waals surface area contributed by atoms with Gasteiger partial charge in [-0.15, -0.1) is 0 Å². The largest absolute Gasteiger partial charge is 0.393 e. The van der Waals surface area contributed by atoms with E-state index in [1.165, 1.54) is 0 Å². The maximum atomic E-state index is 9.82. The van der Waals surface area contributed by atoms with E-state index < -0.39 is 0 Å². The van der Waals surface area contributed by atoms with Crippen LogP contribution in [0.25, 0.3) is 11.0 Å². The van der Waals surface area contributed by atoms with Crippen LogP contribution in [0.5, 0.6) is 0 Å². The number of nitrogens with zero attached hydrogens (tertiary/aromatic N) is 2. The Bertz CT molecular complexity index is 594. The van der Waals surface area contributed by atoms with Crippen LogP contribution >= 0.6 is 0 Å². The molecule has 1 aromatic heterocycles. The minimum absolute atomic E-state index is 0.00481. The van der Waals surface area contributed by atoms with Gasteiger partial charge >= 0.3 is 0 Å². The van der Waals surface area contributed by atoms with Gasteiger partial charge in [-0.2, -0.15) is 0 Å². The van der Waals surface area contributed by atoms with Crippen molar-refractivity contribution in [3.63, 3.8) is 0 Å². The number of hydrogen-bond acceptors (Lipinski definition) is 4.